The van der Waals surface area contributed by atoms with Gasteiger partial charge < -0.3 is 10.5 Å². The van der Waals surface area contributed by atoms with Gasteiger partial charge in [0.05, 0.1) is 12.3 Å². The summed E-state index contributed by atoms with van der Waals surface area (Å²) in [5.41, 5.74) is 9.72. The summed E-state index contributed by atoms with van der Waals surface area (Å²) < 4.78 is 5.73. The van der Waals surface area contributed by atoms with E-state index in [9.17, 15) is 4.79 Å². The van der Waals surface area contributed by atoms with E-state index < -0.39 is 0 Å². The minimum Gasteiger partial charge on any atom is -0.492 e. The average Bonchev–Trinajstić information content (AvgIpc) is 2.84. The summed E-state index contributed by atoms with van der Waals surface area (Å²) in [6.45, 7) is 4.87. The van der Waals surface area contributed by atoms with Gasteiger partial charge in [0, 0.05) is 11.8 Å². The van der Waals surface area contributed by atoms with Crippen LogP contribution in [-0.2, 0) is 11.2 Å². The number of hydrogen-bond donors (Lipinski definition) is 1. The Balaban J connectivity index is 1.71. The van der Waals surface area contributed by atoms with Crippen LogP contribution in [0.3, 0.4) is 0 Å². The second-order valence-electron chi connectivity index (χ2n) is 7.86. The predicted molar refractivity (Wildman–Crippen MR) is 91.6 cm³/mol. The van der Waals surface area contributed by atoms with Crippen molar-refractivity contribution in [3.05, 3.63) is 23.3 Å². The molecule has 4 atom stereocenters. The fraction of sp³-hybridized carbons (Fsp3) is 0.650. The molecule has 3 nitrogen and oxygen atoms in total. The molecule has 2 fully saturated rings. The fourth-order valence-corrected chi connectivity index (χ4v) is 5.67. The highest BCUT2D eigenvalue weighted by molar-refractivity contribution is 5.87. The molecular formula is C20H27NO2. The zero-order valence-electron chi connectivity index (χ0n) is 14.2. The number of nitrogen functional groups attached to an aromatic ring is 1. The normalized spacial score (nSPS) is 35.4. The topological polar surface area (TPSA) is 52.3 Å². The van der Waals surface area contributed by atoms with Crippen LogP contribution in [0.1, 0.15) is 63.0 Å². The van der Waals surface area contributed by atoms with Crippen molar-refractivity contribution < 1.29 is 9.53 Å². The summed E-state index contributed by atoms with van der Waals surface area (Å²) in [5.74, 6) is 3.17. The van der Waals surface area contributed by atoms with Gasteiger partial charge in [-0.1, -0.05) is 6.92 Å². The monoisotopic (exact) mass is 313 g/mol. The van der Waals surface area contributed by atoms with Gasteiger partial charge in [-0.3, -0.25) is 4.79 Å². The maximum Gasteiger partial charge on any atom is 0.142 e. The minimum atomic E-state index is -0.0464. The third kappa shape index (κ3) is 2.12. The molecule has 3 heteroatoms. The number of fused-ring (bicyclic) bond motifs is 5. The Morgan fingerprint density at radius 3 is 2.87 bits per heavy atom. The van der Waals surface area contributed by atoms with Crippen molar-refractivity contribution in [1.29, 1.82) is 0 Å². The lowest BCUT2D eigenvalue weighted by atomic mass is 9.55. The van der Waals surface area contributed by atoms with Gasteiger partial charge in [0.15, 0.2) is 0 Å². The van der Waals surface area contributed by atoms with E-state index in [-0.39, 0.29) is 5.41 Å². The molecular weight excluding hydrogens is 286 g/mol. The van der Waals surface area contributed by atoms with Crippen LogP contribution >= 0.6 is 0 Å². The molecule has 3 unspecified atom stereocenters. The Kier molecular flexibility index (Phi) is 3.44. The molecule has 1 aromatic carbocycles. The van der Waals surface area contributed by atoms with Gasteiger partial charge in [-0.15, -0.1) is 0 Å². The van der Waals surface area contributed by atoms with E-state index in [0.717, 1.165) is 43.5 Å². The molecule has 2 N–H and O–H groups in total. The molecule has 0 spiro atoms. The zero-order chi connectivity index (χ0) is 16.2. The Hall–Kier alpha value is -1.51. The lowest BCUT2D eigenvalue weighted by molar-refractivity contribution is -0.129. The van der Waals surface area contributed by atoms with E-state index in [1.165, 1.54) is 17.5 Å². The highest BCUT2D eigenvalue weighted by Gasteiger charge is 2.54. The van der Waals surface area contributed by atoms with Crippen molar-refractivity contribution in [3.63, 3.8) is 0 Å². The van der Waals surface area contributed by atoms with Crippen LogP contribution in [0.2, 0.25) is 0 Å². The second kappa shape index (κ2) is 5.25. The van der Waals surface area contributed by atoms with E-state index >= 15 is 0 Å². The van der Waals surface area contributed by atoms with Gasteiger partial charge in [-0.2, -0.15) is 0 Å². The van der Waals surface area contributed by atoms with Crippen LogP contribution in [0.5, 0.6) is 5.75 Å². The van der Waals surface area contributed by atoms with E-state index in [4.69, 9.17) is 10.5 Å². The lowest BCUT2D eigenvalue weighted by Crippen LogP contribution is -2.42. The highest BCUT2D eigenvalue weighted by atomic mass is 16.5. The summed E-state index contributed by atoms with van der Waals surface area (Å²) >= 11 is 0. The van der Waals surface area contributed by atoms with E-state index in [2.05, 4.69) is 19.1 Å². The molecule has 0 aliphatic heterocycles. The molecule has 0 heterocycles. The van der Waals surface area contributed by atoms with Gasteiger partial charge in [-0.25, -0.2) is 0 Å². The summed E-state index contributed by atoms with van der Waals surface area (Å²) in [5, 5.41) is 0. The first-order chi connectivity index (χ1) is 11.0. The van der Waals surface area contributed by atoms with Crippen molar-refractivity contribution >= 4 is 11.5 Å². The van der Waals surface area contributed by atoms with Crippen molar-refractivity contribution in [2.45, 2.75) is 58.3 Å². The first kappa shape index (κ1) is 15.0. The molecule has 1 aromatic rings. The molecule has 0 bridgehead atoms. The molecule has 0 amide bonds. The third-order valence-electron chi connectivity index (χ3n) is 6.86. The standard InChI is InChI=1S/C20H27NO2/c1-3-23-18-11-15-12(10-17(18)21)4-5-14-13(15)8-9-20(2)16(14)6-7-19(20)22/h10-11,13-14,16H,3-9,21H2,1-2H3/t13?,14?,16?,20-/m0/s1. The Morgan fingerprint density at radius 1 is 1.26 bits per heavy atom. The van der Waals surface area contributed by atoms with E-state index in [1.807, 2.05) is 6.92 Å². The number of benzene rings is 1. The minimum absolute atomic E-state index is 0.0464. The number of carbonyl (C=O) groups is 1. The first-order valence-corrected chi connectivity index (χ1v) is 9.13. The third-order valence-corrected chi connectivity index (χ3v) is 6.86. The molecule has 0 radical (unpaired) electrons. The summed E-state index contributed by atoms with van der Waals surface area (Å²) in [6.07, 6.45) is 6.37. The van der Waals surface area contributed by atoms with Crippen LogP contribution < -0.4 is 10.5 Å². The lowest BCUT2D eigenvalue weighted by Gasteiger charge is -2.48. The van der Waals surface area contributed by atoms with Crippen molar-refractivity contribution in [1.82, 2.24) is 0 Å². The zero-order valence-corrected chi connectivity index (χ0v) is 14.2. The highest BCUT2D eigenvalue weighted by Crippen LogP contribution is 2.59. The van der Waals surface area contributed by atoms with Gasteiger partial charge in [-0.05, 0) is 80.0 Å². The fourth-order valence-electron chi connectivity index (χ4n) is 5.67. The van der Waals surface area contributed by atoms with Crippen molar-refractivity contribution in [2.75, 3.05) is 12.3 Å². The molecule has 23 heavy (non-hydrogen) atoms. The molecule has 0 saturated heterocycles. The van der Waals surface area contributed by atoms with Crippen LogP contribution in [0.15, 0.2) is 12.1 Å². The number of ether oxygens (including phenoxy) is 1. The summed E-state index contributed by atoms with van der Waals surface area (Å²) in [6, 6.07) is 4.33. The number of ketones is 1. The predicted octanol–water partition coefficient (Wildman–Crippen LogP) is 4.09. The average molecular weight is 313 g/mol. The number of hydrogen-bond acceptors (Lipinski definition) is 3. The summed E-state index contributed by atoms with van der Waals surface area (Å²) in [4.78, 5) is 12.4. The van der Waals surface area contributed by atoms with Gasteiger partial charge >= 0.3 is 0 Å². The Morgan fingerprint density at radius 2 is 2.09 bits per heavy atom. The van der Waals surface area contributed by atoms with Crippen LogP contribution in [0.4, 0.5) is 5.69 Å². The van der Waals surface area contributed by atoms with Crippen LogP contribution in [0.25, 0.3) is 0 Å². The molecule has 124 valence electrons. The maximum absolute atomic E-state index is 12.4. The number of aryl methyl sites for hydroxylation is 1. The van der Waals surface area contributed by atoms with Gasteiger partial charge in [0.1, 0.15) is 11.5 Å². The van der Waals surface area contributed by atoms with Crippen LogP contribution in [0, 0.1) is 17.3 Å². The Labute approximate surface area is 138 Å². The molecule has 3 aliphatic rings. The smallest absolute Gasteiger partial charge is 0.142 e. The largest absolute Gasteiger partial charge is 0.492 e. The molecule has 2 saturated carbocycles. The van der Waals surface area contributed by atoms with E-state index in [0.29, 0.717) is 30.1 Å². The number of nitrogens with two attached hydrogens (primary N) is 1. The van der Waals surface area contributed by atoms with Crippen molar-refractivity contribution in [2.24, 2.45) is 17.3 Å². The Bertz CT molecular complexity index is 653. The first-order valence-electron chi connectivity index (χ1n) is 9.13. The maximum atomic E-state index is 12.4. The van der Waals surface area contributed by atoms with Gasteiger partial charge in [0.2, 0.25) is 0 Å². The second-order valence-corrected chi connectivity index (χ2v) is 7.86. The number of carbonyl (C=O) groups excluding carboxylic acids is 1. The number of rotatable bonds is 2. The molecule has 0 aromatic heterocycles. The summed E-state index contributed by atoms with van der Waals surface area (Å²) in [7, 11) is 0. The van der Waals surface area contributed by atoms with Gasteiger partial charge in [0.25, 0.3) is 0 Å². The molecule has 4 rings (SSSR count). The van der Waals surface area contributed by atoms with Crippen LogP contribution in [-0.4, -0.2) is 12.4 Å². The van der Waals surface area contributed by atoms with Crippen molar-refractivity contribution in [3.8, 4) is 5.75 Å². The quantitative estimate of drug-likeness (QED) is 0.837. The SMILES string of the molecule is CCOc1cc2c(cc1N)CCC1C2CC[C@]2(C)C(=O)CCC12. The number of anilines is 1. The number of Topliss-reactive ketones (excluding diaryl/α,β-unsaturated/α-hetero) is 1. The molecule has 3 aliphatic carbocycles. The van der Waals surface area contributed by atoms with E-state index in [1.54, 1.807) is 0 Å².